The van der Waals surface area contributed by atoms with E-state index in [2.05, 4.69) is 89.1 Å². The Morgan fingerprint density at radius 1 is 1.24 bits per heavy atom. The number of rotatable bonds is 10. The molecule has 0 aliphatic heterocycles. The van der Waals surface area contributed by atoms with Gasteiger partial charge in [0.15, 0.2) is 4.91 Å². The average Bonchev–Trinajstić information content (AvgIpc) is 2.96. The van der Waals surface area contributed by atoms with E-state index >= 15 is 0 Å². The highest BCUT2D eigenvalue weighted by Gasteiger charge is 2.12. The Hall–Kier alpha value is -2.17. The maximum absolute atomic E-state index is 4.03. The number of allylic oxidation sites excluding steroid dienone is 12. The second kappa shape index (κ2) is 17.9. The van der Waals surface area contributed by atoms with Gasteiger partial charge in [-0.2, -0.15) is 0 Å². The summed E-state index contributed by atoms with van der Waals surface area (Å²) < 4.78 is 0. The fourth-order valence-corrected chi connectivity index (χ4v) is 3.39. The Balaban J connectivity index is 0.00000178. The minimum absolute atomic E-state index is 0.776. The highest BCUT2D eigenvalue weighted by atomic mass is 32.2. The van der Waals surface area contributed by atoms with E-state index in [0.717, 1.165) is 30.9 Å². The zero-order chi connectivity index (χ0) is 21.9. The summed E-state index contributed by atoms with van der Waals surface area (Å²) in [7, 11) is 0. The van der Waals surface area contributed by atoms with E-state index in [1.54, 1.807) is 0 Å². The topological polar surface area (TPSA) is 0 Å². The van der Waals surface area contributed by atoms with Crippen molar-refractivity contribution < 1.29 is 0 Å². The third-order valence-corrected chi connectivity index (χ3v) is 4.73. The van der Waals surface area contributed by atoms with Crippen molar-refractivity contribution in [1.29, 1.82) is 0 Å². The van der Waals surface area contributed by atoms with Crippen LogP contribution in [0.15, 0.2) is 95.5 Å². The molecule has 0 nitrogen and oxygen atoms in total. The Labute approximate surface area is 184 Å². The zero-order valence-corrected chi connectivity index (χ0v) is 19.9. The molecular weight excluding hydrogens is 368 g/mol. The minimum atomic E-state index is 0.776. The molecule has 0 N–H and O–H groups in total. The van der Waals surface area contributed by atoms with Gasteiger partial charge in [-0.15, -0.1) is 0 Å². The van der Waals surface area contributed by atoms with Crippen LogP contribution in [0.3, 0.4) is 0 Å². The van der Waals surface area contributed by atoms with E-state index < -0.39 is 0 Å². The Morgan fingerprint density at radius 3 is 2.55 bits per heavy atom. The predicted octanol–water partition coefficient (Wildman–Crippen LogP) is 7.84. The maximum atomic E-state index is 4.03. The van der Waals surface area contributed by atoms with E-state index in [0.29, 0.717) is 0 Å². The van der Waals surface area contributed by atoms with E-state index in [-0.39, 0.29) is 0 Å². The molecule has 0 atom stereocenters. The summed E-state index contributed by atoms with van der Waals surface area (Å²) in [5.74, 6) is 8.02. The first-order valence-corrected chi connectivity index (χ1v) is 11.6. The molecule has 0 aromatic rings. The van der Waals surface area contributed by atoms with Gasteiger partial charge in [0.2, 0.25) is 0 Å². The molecule has 0 unspecified atom stereocenters. The lowest BCUT2D eigenvalue weighted by atomic mass is 10.0. The van der Waals surface area contributed by atoms with Crippen molar-refractivity contribution in [2.24, 2.45) is 5.92 Å². The van der Waals surface area contributed by atoms with Crippen LogP contribution in [0.1, 0.15) is 53.9 Å². The lowest BCUT2D eigenvalue weighted by molar-refractivity contribution is 0.737. The standard InChI is InChI=1S/C24H28S.C4H10/c1-5-14-21(15-6-2)17-13-20-25-24(8-4)23(16-7-3)22-18-11-9-10-12-19-22;1-4(2)3/h5,7-9,11,13-14,16-18H,1,4,6,15,19-20H2,2-3H3;4H,1-3H3/p+1/b16-7-,17-13-,21-14-,24-23-;. The molecule has 0 saturated heterocycles. The van der Waals surface area contributed by atoms with Crippen LogP contribution in [0.25, 0.3) is 0 Å². The second-order valence-corrected chi connectivity index (χ2v) is 8.42. The van der Waals surface area contributed by atoms with Gasteiger partial charge in [-0.05, 0) is 48.6 Å². The summed E-state index contributed by atoms with van der Waals surface area (Å²) in [6.07, 6.45) is 23.7. The molecule has 156 valence electrons. The molecule has 0 bridgehead atoms. The largest absolute Gasteiger partial charge is 0.159 e. The predicted molar refractivity (Wildman–Crippen MR) is 138 cm³/mol. The molecule has 1 rings (SSSR count). The third kappa shape index (κ3) is 13.6. The molecule has 0 aromatic heterocycles. The summed E-state index contributed by atoms with van der Waals surface area (Å²) in [4.78, 5) is 1.25. The average molecular weight is 408 g/mol. The van der Waals surface area contributed by atoms with Gasteiger partial charge in [0.05, 0.1) is 0 Å². The maximum Gasteiger partial charge on any atom is 0.159 e. The van der Waals surface area contributed by atoms with E-state index in [1.807, 2.05) is 31.2 Å². The van der Waals surface area contributed by atoms with Gasteiger partial charge < -0.3 is 0 Å². The number of hydrogen-bond donors (Lipinski definition) is 0. The van der Waals surface area contributed by atoms with Crippen molar-refractivity contribution in [1.82, 2.24) is 0 Å². The fourth-order valence-electron chi connectivity index (χ4n) is 2.46. The van der Waals surface area contributed by atoms with Crippen molar-refractivity contribution in [3.05, 3.63) is 95.5 Å². The normalized spacial score (nSPS) is 14.6. The van der Waals surface area contributed by atoms with Crippen LogP contribution in [-0.4, -0.2) is 5.75 Å². The lowest BCUT2D eigenvalue weighted by Gasteiger charge is -2.05. The summed E-state index contributed by atoms with van der Waals surface area (Å²) in [5.41, 5.74) is 3.82. The summed E-state index contributed by atoms with van der Waals surface area (Å²) in [6, 6.07) is 0. The molecule has 0 saturated carbocycles. The minimum Gasteiger partial charge on any atom is -0.0991 e. The first kappa shape index (κ1) is 26.8. The summed E-state index contributed by atoms with van der Waals surface area (Å²) >= 11 is 1.25. The van der Waals surface area contributed by atoms with Crippen LogP contribution in [0, 0.1) is 17.8 Å². The van der Waals surface area contributed by atoms with Crippen LogP contribution in [0.4, 0.5) is 0 Å². The van der Waals surface area contributed by atoms with Gasteiger partial charge >= 0.3 is 0 Å². The Kier molecular flexibility index (Phi) is 16.6. The van der Waals surface area contributed by atoms with Crippen molar-refractivity contribution in [2.75, 3.05) is 5.75 Å². The van der Waals surface area contributed by atoms with Crippen LogP contribution in [0.2, 0.25) is 0 Å². The van der Waals surface area contributed by atoms with Crippen LogP contribution >= 0.6 is 0 Å². The second-order valence-electron chi connectivity index (χ2n) is 7.25. The molecular formula is C28H39S+. The first-order chi connectivity index (χ1) is 14.0. The molecule has 1 aliphatic rings. The molecule has 0 amide bonds. The smallest absolute Gasteiger partial charge is 0.0991 e. The van der Waals surface area contributed by atoms with Gasteiger partial charge in [-0.25, -0.2) is 0 Å². The van der Waals surface area contributed by atoms with Crippen molar-refractivity contribution >= 4 is 11.8 Å². The third-order valence-electron chi connectivity index (χ3n) is 3.58. The zero-order valence-electron chi connectivity index (χ0n) is 19.0. The molecule has 0 aromatic carbocycles. The quantitative estimate of drug-likeness (QED) is 0.150. The molecule has 29 heavy (non-hydrogen) atoms. The number of hydrogen-bond acceptors (Lipinski definition) is 0. The van der Waals surface area contributed by atoms with Crippen molar-refractivity contribution in [3.8, 4) is 11.8 Å². The highest BCUT2D eigenvalue weighted by Crippen LogP contribution is 2.23. The van der Waals surface area contributed by atoms with E-state index in [9.17, 15) is 0 Å². The molecule has 0 spiro atoms. The van der Waals surface area contributed by atoms with Crippen LogP contribution in [-0.2, 0) is 11.8 Å². The SMILES string of the molecule is C=C/C=C(\C=C/C[SH+]/C(C=C)=C(/C=C\C)C1=CC=CC#CC1)CCC.CC(C)C. The first-order valence-electron chi connectivity index (χ1n) is 10.5. The van der Waals surface area contributed by atoms with Gasteiger partial charge in [0, 0.05) is 23.8 Å². The molecule has 0 fully saturated rings. The number of thiol groups is 1. The molecule has 0 heterocycles. The van der Waals surface area contributed by atoms with Gasteiger partial charge in [-0.1, -0.05) is 102 Å². The van der Waals surface area contributed by atoms with E-state index in [4.69, 9.17) is 0 Å². The molecule has 1 heteroatoms. The van der Waals surface area contributed by atoms with Crippen LogP contribution in [0.5, 0.6) is 0 Å². The van der Waals surface area contributed by atoms with Crippen LogP contribution < -0.4 is 0 Å². The molecule has 1 aliphatic carbocycles. The lowest BCUT2D eigenvalue weighted by Crippen LogP contribution is -1.96. The van der Waals surface area contributed by atoms with Crippen molar-refractivity contribution in [2.45, 2.75) is 53.9 Å². The Morgan fingerprint density at radius 2 is 1.97 bits per heavy atom. The fraction of sp³-hybridized carbons (Fsp3) is 0.357. The summed E-state index contributed by atoms with van der Waals surface area (Å²) in [6.45, 7) is 18.6. The van der Waals surface area contributed by atoms with Gasteiger partial charge in [0.25, 0.3) is 0 Å². The summed E-state index contributed by atoms with van der Waals surface area (Å²) in [5, 5.41) is 0. The van der Waals surface area contributed by atoms with Gasteiger partial charge in [-0.3, -0.25) is 0 Å². The monoisotopic (exact) mass is 407 g/mol. The van der Waals surface area contributed by atoms with Gasteiger partial charge in [0.1, 0.15) is 5.75 Å². The van der Waals surface area contributed by atoms with E-state index in [1.165, 1.54) is 33.4 Å². The van der Waals surface area contributed by atoms with Crippen molar-refractivity contribution in [3.63, 3.8) is 0 Å². The highest BCUT2D eigenvalue weighted by molar-refractivity contribution is 7.83. The Bertz CT molecular complexity index is 734. The molecule has 0 radical (unpaired) electrons.